The van der Waals surface area contributed by atoms with E-state index in [1.54, 1.807) is 13.1 Å². The van der Waals surface area contributed by atoms with E-state index in [9.17, 15) is 13.2 Å². The van der Waals surface area contributed by atoms with Crippen molar-refractivity contribution < 1.29 is 17.6 Å². The molecule has 0 saturated heterocycles. The van der Waals surface area contributed by atoms with E-state index in [0.29, 0.717) is 16.0 Å². The molecule has 22 heavy (non-hydrogen) atoms. The van der Waals surface area contributed by atoms with E-state index < -0.39 is 15.9 Å². The second-order valence-corrected chi connectivity index (χ2v) is 8.45. The van der Waals surface area contributed by atoms with Gasteiger partial charge in [0.15, 0.2) is 0 Å². The Morgan fingerprint density at radius 2 is 2.23 bits per heavy atom. The van der Waals surface area contributed by atoms with Crippen LogP contribution in [0.2, 0.25) is 4.34 Å². The molecule has 0 unspecified atom stereocenters. The van der Waals surface area contributed by atoms with E-state index in [2.05, 4.69) is 10.3 Å². The summed E-state index contributed by atoms with van der Waals surface area (Å²) < 4.78 is 31.1. The van der Waals surface area contributed by atoms with Crippen LogP contribution >= 0.6 is 22.9 Å². The number of halogens is 1. The first-order valence-corrected chi connectivity index (χ1v) is 8.82. The summed E-state index contributed by atoms with van der Waals surface area (Å²) in [5.41, 5.74) is 0. The molecule has 0 aliphatic carbocycles. The van der Waals surface area contributed by atoms with Crippen molar-refractivity contribution in [2.24, 2.45) is 0 Å². The minimum Gasteiger partial charge on any atom is -0.444 e. The Kier molecular flexibility index (Phi) is 5.22. The fourth-order valence-electron chi connectivity index (χ4n) is 1.59. The maximum Gasteiger partial charge on any atom is 0.252 e. The molecule has 0 saturated carbocycles. The van der Waals surface area contributed by atoms with E-state index in [1.165, 1.54) is 19.2 Å². The molecule has 1 amide bonds. The quantitative estimate of drug-likeness (QED) is 0.842. The molecule has 0 bridgehead atoms. The third-order valence-electron chi connectivity index (χ3n) is 2.69. The highest BCUT2D eigenvalue weighted by Gasteiger charge is 2.24. The van der Waals surface area contributed by atoms with Crippen molar-refractivity contribution in [3.05, 3.63) is 34.3 Å². The Morgan fingerprint density at radius 1 is 1.50 bits per heavy atom. The van der Waals surface area contributed by atoms with Crippen LogP contribution < -0.4 is 5.32 Å². The summed E-state index contributed by atoms with van der Waals surface area (Å²) in [6, 6.07) is 2.91. The molecule has 2 aromatic heterocycles. The number of nitrogens with zero attached hydrogens (tertiary/aromatic N) is 2. The first-order chi connectivity index (χ1) is 10.3. The average Bonchev–Trinajstić information content (AvgIpc) is 3.05. The lowest BCUT2D eigenvalue weighted by molar-refractivity contribution is -0.121. The van der Waals surface area contributed by atoms with Crippen molar-refractivity contribution in [2.75, 3.05) is 13.6 Å². The molecule has 0 aliphatic rings. The number of sulfonamides is 1. The number of carbonyl (C=O) groups excluding carboxylic acids is 1. The fourth-order valence-corrected chi connectivity index (χ4v) is 4.41. The summed E-state index contributed by atoms with van der Waals surface area (Å²) in [7, 11) is -2.39. The van der Waals surface area contributed by atoms with Gasteiger partial charge in [0.2, 0.25) is 11.8 Å². The summed E-state index contributed by atoms with van der Waals surface area (Å²) in [4.78, 5) is 15.7. The van der Waals surface area contributed by atoms with Gasteiger partial charge in [-0.25, -0.2) is 13.4 Å². The Balaban J connectivity index is 1.93. The largest absolute Gasteiger partial charge is 0.444 e. The van der Waals surface area contributed by atoms with Crippen LogP contribution in [0.25, 0.3) is 0 Å². The van der Waals surface area contributed by atoms with Crippen LogP contribution in [0.5, 0.6) is 0 Å². The molecule has 10 heteroatoms. The van der Waals surface area contributed by atoms with Gasteiger partial charge in [0, 0.05) is 7.05 Å². The third kappa shape index (κ3) is 4.07. The highest BCUT2D eigenvalue weighted by Crippen LogP contribution is 2.27. The van der Waals surface area contributed by atoms with Crippen molar-refractivity contribution in [3.63, 3.8) is 0 Å². The van der Waals surface area contributed by atoms with Gasteiger partial charge in [-0.05, 0) is 19.1 Å². The Bertz CT molecular complexity index is 769. The van der Waals surface area contributed by atoms with Gasteiger partial charge in [0.25, 0.3) is 10.0 Å². The van der Waals surface area contributed by atoms with E-state index >= 15 is 0 Å². The van der Waals surface area contributed by atoms with Gasteiger partial charge >= 0.3 is 0 Å². The molecule has 2 aromatic rings. The fraction of sp³-hybridized carbons (Fsp3) is 0.333. The zero-order chi connectivity index (χ0) is 16.3. The molecular weight excluding hydrogens is 350 g/mol. The Labute approximate surface area is 137 Å². The maximum atomic E-state index is 12.2. The van der Waals surface area contributed by atoms with Gasteiger partial charge in [0.05, 0.1) is 23.6 Å². The minimum atomic E-state index is -3.72. The summed E-state index contributed by atoms with van der Waals surface area (Å²) in [6.45, 7) is 1.54. The summed E-state index contributed by atoms with van der Waals surface area (Å²) >= 11 is 6.68. The Morgan fingerprint density at radius 3 is 2.77 bits per heavy atom. The summed E-state index contributed by atoms with van der Waals surface area (Å²) in [6.07, 6.45) is 1.54. The lowest BCUT2D eigenvalue weighted by atomic mass is 10.5. The molecule has 2 rings (SSSR count). The normalized spacial score (nSPS) is 11.8. The molecule has 120 valence electrons. The predicted octanol–water partition coefficient (Wildman–Crippen LogP) is 1.63. The van der Waals surface area contributed by atoms with Crippen LogP contribution in [0.1, 0.15) is 11.7 Å². The lowest BCUT2D eigenvalue weighted by Gasteiger charge is -2.15. The van der Waals surface area contributed by atoms with Gasteiger partial charge in [-0.3, -0.25) is 4.79 Å². The number of aromatic nitrogens is 1. The average molecular weight is 364 g/mol. The van der Waals surface area contributed by atoms with E-state index in [1.807, 2.05) is 0 Å². The first-order valence-electron chi connectivity index (χ1n) is 6.18. The molecule has 0 radical (unpaired) electrons. The number of rotatable bonds is 6. The van der Waals surface area contributed by atoms with Crippen LogP contribution in [-0.4, -0.2) is 37.2 Å². The van der Waals surface area contributed by atoms with E-state index in [0.717, 1.165) is 15.6 Å². The summed E-state index contributed by atoms with van der Waals surface area (Å²) in [5, 5.41) is 2.55. The number of oxazole rings is 1. The number of hydrogen-bond donors (Lipinski definition) is 1. The van der Waals surface area contributed by atoms with Crippen molar-refractivity contribution in [2.45, 2.75) is 17.7 Å². The number of carbonyl (C=O) groups is 1. The summed E-state index contributed by atoms with van der Waals surface area (Å²) in [5.74, 6) is 0.546. The minimum absolute atomic E-state index is 0.0936. The van der Waals surface area contributed by atoms with Crippen LogP contribution in [0.4, 0.5) is 0 Å². The molecule has 0 fully saturated rings. The smallest absolute Gasteiger partial charge is 0.252 e. The maximum absolute atomic E-state index is 12.2. The topological polar surface area (TPSA) is 92.5 Å². The highest BCUT2D eigenvalue weighted by molar-refractivity contribution is 7.91. The van der Waals surface area contributed by atoms with Crippen molar-refractivity contribution in [3.8, 4) is 0 Å². The standard InChI is InChI=1S/C12H14ClN3O4S2/c1-8-5-15-11(20-8)6-14-10(17)7-16(2)22(18,19)12-4-3-9(13)21-12/h3-5H,6-7H2,1-2H3,(H,14,17). The number of thiophene rings is 1. The van der Waals surface area contributed by atoms with Crippen molar-refractivity contribution in [1.82, 2.24) is 14.6 Å². The van der Waals surface area contributed by atoms with Gasteiger partial charge in [-0.2, -0.15) is 4.31 Å². The number of amides is 1. The number of hydrogen-bond acceptors (Lipinski definition) is 6. The molecule has 0 aromatic carbocycles. The van der Waals surface area contributed by atoms with E-state index in [-0.39, 0.29) is 17.3 Å². The van der Waals surface area contributed by atoms with Crippen LogP contribution in [-0.2, 0) is 21.4 Å². The monoisotopic (exact) mass is 363 g/mol. The van der Waals surface area contributed by atoms with Crippen molar-refractivity contribution in [1.29, 1.82) is 0 Å². The lowest BCUT2D eigenvalue weighted by Crippen LogP contribution is -2.37. The van der Waals surface area contributed by atoms with Gasteiger partial charge in [0.1, 0.15) is 9.97 Å². The first kappa shape index (κ1) is 16.9. The molecular formula is C12H14ClN3O4S2. The molecule has 0 aliphatic heterocycles. The third-order valence-corrected chi connectivity index (χ3v) is 6.19. The van der Waals surface area contributed by atoms with Gasteiger partial charge in [-0.1, -0.05) is 11.6 Å². The van der Waals surface area contributed by atoms with Crippen LogP contribution in [0, 0.1) is 6.92 Å². The molecule has 1 N–H and O–H groups in total. The number of likely N-dealkylation sites (N-methyl/N-ethyl adjacent to an activating group) is 1. The zero-order valence-corrected chi connectivity index (χ0v) is 14.3. The molecule has 2 heterocycles. The molecule has 0 atom stereocenters. The molecule has 0 spiro atoms. The second-order valence-electron chi connectivity index (χ2n) is 4.46. The second kappa shape index (κ2) is 6.78. The van der Waals surface area contributed by atoms with E-state index in [4.69, 9.17) is 16.0 Å². The van der Waals surface area contributed by atoms with Gasteiger partial charge in [-0.15, -0.1) is 11.3 Å². The van der Waals surface area contributed by atoms with Crippen LogP contribution in [0.3, 0.4) is 0 Å². The molecule has 7 nitrogen and oxygen atoms in total. The predicted molar refractivity (Wildman–Crippen MR) is 82.2 cm³/mol. The van der Waals surface area contributed by atoms with Crippen LogP contribution in [0.15, 0.2) is 27.0 Å². The SMILES string of the molecule is Cc1cnc(CNC(=O)CN(C)S(=O)(=O)c2ccc(Cl)s2)o1. The number of nitrogens with one attached hydrogen (secondary N) is 1. The zero-order valence-electron chi connectivity index (χ0n) is 11.9. The Hall–Kier alpha value is -1.42. The highest BCUT2D eigenvalue weighted by atomic mass is 35.5. The van der Waals surface area contributed by atoms with Crippen molar-refractivity contribution >= 4 is 38.9 Å². The number of aryl methyl sites for hydroxylation is 1. The van der Waals surface area contributed by atoms with Gasteiger partial charge < -0.3 is 9.73 Å².